The van der Waals surface area contributed by atoms with E-state index >= 15 is 0 Å². The molecule has 0 fully saturated rings. The second kappa shape index (κ2) is 5.58. The van der Waals surface area contributed by atoms with Crippen LogP contribution in [-0.4, -0.2) is 16.1 Å². The van der Waals surface area contributed by atoms with Gasteiger partial charge in [-0.15, -0.1) is 0 Å². The molecule has 2 aromatic rings. The number of anilines is 1. The monoisotopic (exact) mass is 278 g/mol. The van der Waals surface area contributed by atoms with Gasteiger partial charge >= 0.3 is 0 Å². The first-order valence-corrected chi connectivity index (χ1v) is 5.67. The van der Waals surface area contributed by atoms with Crippen molar-refractivity contribution in [3.05, 3.63) is 59.5 Å². The normalized spacial score (nSPS) is 10.0. The SMILES string of the molecule is O=C(Cl)c1ccc(NC(=O)c2ccccc2F)nc1. The van der Waals surface area contributed by atoms with E-state index in [1.807, 2.05) is 0 Å². The lowest BCUT2D eigenvalue weighted by Gasteiger charge is -2.05. The number of rotatable bonds is 3. The number of carbonyl (C=O) groups is 2. The first-order valence-electron chi connectivity index (χ1n) is 5.29. The summed E-state index contributed by atoms with van der Waals surface area (Å²) in [6.45, 7) is 0. The standard InChI is InChI=1S/C13H8ClFN2O2/c14-12(18)8-5-6-11(16-7-8)17-13(19)9-3-1-2-4-10(9)15/h1-7H,(H,16,17,19). The van der Waals surface area contributed by atoms with Gasteiger partial charge in [-0.05, 0) is 35.9 Å². The molecule has 2 rings (SSSR count). The van der Waals surface area contributed by atoms with Crippen molar-refractivity contribution in [1.29, 1.82) is 0 Å². The summed E-state index contributed by atoms with van der Waals surface area (Å²) < 4.78 is 13.4. The minimum atomic E-state index is -0.639. The highest BCUT2D eigenvalue weighted by Gasteiger charge is 2.11. The summed E-state index contributed by atoms with van der Waals surface area (Å²) in [5, 5.41) is 1.78. The third-order valence-electron chi connectivity index (χ3n) is 2.35. The fourth-order valence-corrected chi connectivity index (χ4v) is 1.52. The number of hydrogen-bond donors (Lipinski definition) is 1. The second-order valence-electron chi connectivity index (χ2n) is 3.64. The van der Waals surface area contributed by atoms with E-state index in [1.165, 1.54) is 36.5 Å². The van der Waals surface area contributed by atoms with Crippen LogP contribution in [0.15, 0.2) is 42.6 Å². The van der Waals surface area contributed by atoms with Crippen LogP contribution in [0.5, 0.6) is 0 Å². The lowest BCUT2D eigenvalue weighted by atomic mass is 10.2. The van der Waals surface area contributed by atoms with Crippen molar-refractivity contribution >= 4 is 28.6 Å². The topological polar surface area (TPSA) is 59.1 Å². The Labute approximate surface area is 113 Å². The number of halogens is 2. The first kappa shape index (κ1) is 13.2. The van der Waals surface area contributed by atoms with Crippen molar-refractivity contribution in [2.24, 2.45) is 0 Å². The zero-order valence-corrected chi connectivity index (χ0v) is 10.3. The maximum atomic E-state index is 13.4. The summed E-state index contributed by atoms with van der Waals surface area (Å²) in [7, 11) is 0. The molecule has 19 heavy (non-hydrogen) atoms. The van der Waals surface area contributed by atoms with Gasteiger partial charge in [0, 0.05) is 6.20 Å². The fourth-order valence-electron chi connectivity index (χ4n) is 1.41. The summed E-state index contributed by atoms with van der Waals surface area (Å²) in [6.07, 6.45) is 1.23. The quantitative estimate of drug-likeness (QED) is 0.878. The Morgan fingerprint density at radius 3 is 2.47 bits per heavy atom. The Balaban J connectivity index is 2.15. The van der Waals surface area contributed by atoms with E-state index in [0.29, 0.717) is 0 Å². The molecule has 0 aliphatic heterocycles. The Kier molecular flexibility index (Phi) is 3.87. The third kappa shape index (κ3) is 3.14. The average Bonchev–Trinajstić information content (AvgIpc) is 2.39. The highest BCUT2D eigenvalue weighted by molar-refractivity contribution is 6.67. The van der Waals surface area contributed by atoms with Gasteiger partial charge in [0.05, 0.1) is 11.1 Å². The number of pyridine rings is 1. The molecule has 1 N–H and O–H groups in total. The zero-order chi connectivity index (χ0) is 13.8. The van der Waals surface area contributed by atoms with Crippen LogP contribution in [0.4, 0.5) is 10.2 Å². The molecule has 0 bridgehead atoms. The van der Waals surface area contributed by atoms with Crippen LogP contribution in [-0.2, 0) is 0 Å². The lowest BCUT2D eigenvalue weighted by Crippen LogP contribution is -2.14. The molecule has 1 aromatic carbocycles. The molecule has 4 nitrogen and oxygen atoms in total. The highest BCUT2D eigenvalue weighted by Crippen LogP contribution is 2.11. The lowest BCUT2D eigenvalue weighted by molar-refractivity contribution is 0.102. The van der Waals surface area contributed by atoms with E-state index < -0.39 is 17.0 Å². The molecule has 0 radical (unpaired) electrons. The van der Waals surface area contributed by atoms with Gasteiger partial charge in [0.25, 0.3) is 11.1 Å². The number of carbonyl (C=O) groups excluding carboxylic acids is 2. The Morgan fingerprint density at radius 2 is 1.89 bits per heavy atom. The van der Waals surface area contributed by atoms with Gasteiger partial charge in [0.2, 0.25) is 0 Å². The Bertz CT molecular complexity index is 629. The van der Waals surface area contributed by atoms with Crippen molar-refractivity contribution in [2.75, 3.05) is 5.32 Å². The van der Waals surface area contributed by atoms with E-state index in [-0.39, 0.29) is 16.9 Å². The predicted octanol–water partition coefficient (Wildman–Crippen LogP) is 2.85. The molecule has 6 heteroatoms. The number of hydrogen-bond acceptors (Lipinski definition) is 3. The summed E-state index contributed by atoms with van der Waals surface area (Å²) in [6, 6.07) is 8.43. The maximum Gasteiger partial charge on any atom is 0.259 e. The number of benzene rings is 1. The molecule has 0 atom stereocenters. The molecule has 0 unspecified atom stereocenters. The summed E-state index contributed by atoms with van der Waals surface area (Å²) >= 11 is 5.26. The van der Waals surface area contributed by atoms with Crippen molar-refractivity contribution in [2.45, 2.75) is 0 Å². The van der Waals surface area contributed by atoms with Crippen LogP contribution in [0.25, 0.3) is 0 Å². The molecule has 1 aromatic heterocycles. The van der Waals surface area contributed by atoms with Crippen LogP contribution in [0, 0.1) is 5.82 Å². The number of aromatic nitrogens is 1. The van der Waals surface area contributed by atoms with Gasteiger partial charge < -0.3 is 5.32 Å². The fraction of sp³-hybridized carbons (Fsp3) is 0. The Hall–Kier alpha value is -2.27. The number of nitrogens with zero attached hydrogens (tertiary/aromatic N) is 1. The molecule has 0 aliphatic carbocycles. The minimum absolute atomic E-state index is 0.0817. The molecule has 96 valence electrons. The zero-order valence-electron chi connectivity index (χ0n) is 9.56. The van der Waals surface area contributed by atoms with Gasteiger partial charge in [-0.2, -0.15) is 0 Å². The van der Waals surface area contributed by atoms with Crippen LogP contribution in [0.2, 0.25) is 0 Å². The highest BCUT2D eigenvalue weighted by atomic mass is 35.5. The molecule has 1 amide bonds. The average molecular weight is 279 g/mol. The molecule has 0 aliphatic rings. The van der Waals surface area contributed by atoms with E-state index in [4.69, 9.17) is 11.6 Å². The molecular weight excluding hydrogens is 271 g/mol. The van der Waals surface area contributed by atoms with Crippen molar-refractivity contribution in [1.82, 2.24) is 4.98 Å². The van der Waals surface area contributed by atoms with E-state index in [0.717, 1.165) is 0 Å². The van der Waals surface area contributed by atoms with Gasteiger partial charge in [-0.1, -0.05) is 12.1 Å². The summed E-state index contributed by atoms with van der Waals surface area (Å²) in [5.41, 5.74) is 0.132. The predicted molar refractivity (Wildman–Crippen MR) is 68.8 cm³/mol. The number of amides is 1. The van der Waals surface area contributed by atoms with Crippen molar-refractivity contribution in [3.8, 4) is 0 Å². The smallest absolute Gasteiger partial charge is 0.259 e. The van der Waals surface area contributed by atoms with Crippen LogP contribution < -0.4 is 5.32 Å². The third-order valence-corrected chi connectivity index (χ3v) is 2.57. The molecule has 0 saturated heterocycles. The minimum Gasteiger partial charge on any atom is -0.306 e. The van der Waals surface area contributed by atoms with Crippen molar-refractivity contribution < 1.29 is 14.0 Å². The van der Waals surface area contributed by atoms with Crippen LogP contribution in [0.1, 0.15) is 20.7 Å². The van der Waals surface area contributed by atoms with Gasteiger partial charge in [-0.25, -0.2) is 9.37 Å². The summed E-state index contributed by atoms with van der Waals surface area (Å²) in [5.74, 6) is -1.03. The molecular formula is C13H8ClFN2O2. The molecule has 1 heterocycles. The first-order chi connectivity index (χ1) is 9.08. The molecule has 0 spiro atoms. The number of nitrogens with one attached hydrogen (secondary N) is 1. The van der Waals surface area contributed by atoms with Crippen LogP contribution in [0.3, 0.4) is 0 Å². The van der Waals surface area contributed by atoms with E-state index in [1.54, 1.807) is 6.07 Å². The maximum absolute atomic E-state index is 13.4. The molecule has 0 saturated carbocycles. The van der Waals surface area contributed by atoms with E-state index in [2.05, 4.69) is 10.3 Å². The van der Waals surface area contributed by atoms with Crippen LogP contribution >= 0.6 is 11.6 Å². The largest absolute Gasteiger partial charge is 0.306 e. The van der Waals surface area contributed by atoms with E-state index in [9.17, 15) is 14.0 Å². The Morgan fingerprint density at radius 1 is 1.16 bits per heavy atom. The van der Waals surface area contributed by atoms with Crippen molar-refractivity contribution in [3.63, 3.8) is 0 Å². The second-order valence-corrected chi connectivity index (χ2v) is 3.98. The van der Waals surface area contributed by atoms with Gasteiger partial charge in [0.1, 0.15) is 11.6 Å². The van der Waals surface area contributed by atoms with Gasteiger partial charge in [-0.3, -0.25) is 9.59 Å². The summed E-state index contributed by atoms with van der Waals surface area (Å²) in [4.78, 5) is 26.4. The van der Waals surface area contributed by atoms with Gasteiger partial charge in [0.15, 0.2) is 0 Å².